The largest absolute Gasteiger partial charge is 0.361 e. The predicted octanol–water partition coefficient (Wildman–Crippen LogP) is 3.54. The number of H-pyrrole nitrogens is 2. The molecule has 5 nitrogen and oxygen atoms in total. The molecular weight excluding hydrogens is 344 g/mol. The number of aromatic nitrogens is 3. The summed E-state index contributed by atoms with van der Waals surface area (Å²) in [5.41, 5.74) is 4.21. The second-order valence-corrected chi connectivity index (χ2v) is 7.58. The molecule has 0 fully saturated rings. The van der Waals surface area contributed by atoms with E-state index in [9.17, 15) is 4.79 Å². The van der Waals surface area contributed by atoms with Crippen LogP contribution in [0.2, 0.25) is 0 Å². The van der Waals surface area contributed by atoms with Gasteiger partial charge in [-0.25, -0.2) is 4.98 Å². The monoisotopic (exact) mass is 362 g/mol. The number of thiophene rings is 1. The number of hydrogen-bond donors (Lipinski definition) is 2. The molecule has 0 radical (unpaired) electrons. The maximum Gasteiger partial charge on any atom is 0.254 e. The Balaban J connectivity index is 1.46. The first-order valence-corrected chi connectivity index (χ1v) is 9.59. The average Bonchev–Trinajstić information content (AvgIpc) is 3.34. The Morgan fingerprint density at radius 1 is 1.19 bits per heavy atom. The minimum atomic E-state index is 0.00536. The number of rotatable bonds is 3. The van der Waals surface area contributed by atoms with Crippen LogP contribution in [0.15, 0.2) is 52.8 Å². The zero-order valence-corrected chi connectivity index (χ0v) is 15.0. The van der Waals surface area contributed by atoms with Crippen molar-refractivity contribution < 1.29 is 0 Å². The molecule has 0 atom stereocenters. The van der Waals surface area contributed by atoms with Gasteiger partial charge < -0.3 is 9.97 Å². The Kier molecular flexibility index (Phi) is 3.72. The summed E-state index contributed by atoms with van der Waals surface area (Å²) in [6, 6.07) is 12.4. The molecule has 4 aromatic rings. The molecule has 4 heterocycles. The molecule has 0 bridgehead atoms. The number of aromatic amines is 2. The molecule has 1 aliphatic rings. The summed E-state index contributed by atoms with van der Waals surface area (Å²) in [6.45, 7) is 2.44. The van der Waals surface area contributed by atoms with Gasteiger partial charge in [-0.15, -0.1) is 11.3 Å². The lowest BCUT2D eigenvalue weighted by atomic mass is 10.0. The number of fused-ring (bicyclic) bond motifs is 2. The molecule has 26 heavy (non-hydrogen) atoms. The van der Waals surface area contributed by atoms with Gasteiger partial charge in [0.1, 0.15) is 0 Å². The number of benzene rings is 1. The fraction of sp³-hybridized carbons (Fsp3) is 0.200. The molecule has 0 spiro atoms. The van der Waals surface area contributed by atoms with E-state index in [1.54, 1.807) is 11.3 Å². The Bertz CT molecular complexity index is 1130. The third-order valence-electron chi connectivity index (χ3n) is 4.99. The second-order valence-electron chi connectivity index (χ2n) is 6.63. The van der Waals surface area contributed by atoms with Gasteiger partial charge in [-0.3, -0.25) is 9.69 Å². The van der Waals surface area contributed by atoms with Gasteiger partial charge in [0, 0.05) is 42.3 Å². The van der Waals surface area contributed by atoms with Crippen LogP contribution in [0.4, 0.5) is 0 Å². The quantitative estimate of drug-likeness (QED) is 0.586. The van der Waals surface area contributed by atoms with Crippen molar-refractivity contribution in [2.45, 2.75) is 19.5 Å². The third-order valence-corrected chi connectivity index (χ3v) is 5.86. The minimum absolute atomic E-state index is 0.00536. The number of hydrogen-bond acceptors (Lipinski definition) is 4. The normalized spacial score (nSPS) is 14.6. The van der Waals surface area contributed by atoms with Crippen molar-refractivity contribution >= 4 is 22.2 Å². The van der Waals surface area contributed by atoms with E-state index < -0.39 is 0 Å². The third kappa shape index (κ3) is 2.67. The molecule has 0 amide bonds. The summed E-state index contributed by atoms with van der Waals surface area (Å²) in [6.07, 6.45) is 2.72. The van der Waals surface area contributed by atoms with E-state index in [0.29, 0.717) is 12.4 Å². The van der Waals surface area contributed by atoms with Crippen LogP contribution >= 0.6 is 11.3 Å². The summed E-state index contributed by atoms with van der Waals surface area (Å²) in [5.74, 6) is 0.679. The van der Waals surface area contributed by atoms with Gasteiger partial charge in [-0.1, -0.05) is 18.2 Å². The predicted molar refractivity (Wildman–Crippen MR) is 104 cm³/mol. The van der Waals surface area contributed by atoms with Gasteiger partial charge in [-0.2, -0.15) is 0 Å². The summed E-state index contributed by atoms with van der Waals surface area (Å²) >= 11 is 1.59. The second kappa shape index (κ2) is 6.23. The topological polar surface area (TPSA) is 64.8 Å². The maximum absolute atomic E-state index is 12.5. The summed E-state index contributed by atoms with van der Waals surface area (Å²) in [4.78, 5) is 26.8. The van der Waals surface area contributed by atoms with Crippen molar-refractivity contribution in [1.82, 2.24) is 19.9 Å². The Morgan fingerprint density at radius 3 is 3.04 bits per heavy atom. The standard InChI is InChI=1S/C20H18N4OS/c25-20-15-7-9-24(11-13-3-1-4-16-14(13)6-8-21-16)12-17(15)22-19(23-20)18-5-2-10-26-18/h1-6,8,10,21H,7,9,11-12H2,(H,22,23,25). The fourth-order valence-electron chi connectivity index (χ4n) is 3.69. The van der Waals surface area contributed by atoms with E-state index in [0.717, 1.165) is 41.2 Å². The molecule has 1 aliphatic heterocycles. The van der Waals surface area contributed by atoms with Crippen molar-refractivity contribution in [2.75, 3.05) is 6.54 Å². The van der Waals surface area contributed by atoms with E-state index in [2.05, 4.69) is 39.1 Å². The van der Waals surface area contributed by atoms with Gasteiger partial charge in [0.2, 0.25) is 0 Å². The highest BCUT2D eigenvalue weighted by atomic mass is 32.1. The molecule has 130 valence electrons. The van der Waals surface area contributed by atoms with Gasteiger partial charge in [-0.05, 0) is 35.6 Å². The summed E-state index contributed by atoms with van der Waals surface area (Å²) < 4.78 is 0. The Morgan fingerprint density at radius 2 is 2.15 bits per heavy atom. The zero-order valence-electron chi connectivity index (χ0n) is 14.2. The molecule has 5 rings (SSSR count). The van der Waals surface area contributed by atoms with Gasteiger partial charge >= 0.3 is 0 Å². The number of nitrogens with zero attached hydrogens (tertiary/aromatic N) is 2. The van der Waals surface area contributed by atoms with Crippen LogP contribution in [-0.4, -0.2) is 26.4 Å². The Labute approximate surface area is 154 Å². The molecule has 2 N–H and O–H groups in total. The lowest BCUT2D eigenvalue weighted by molar-refractivity contribution is 0.241. The van der Waals surface area contributed by atoms with Crippen molar-refractivity contribution in [3.63, 3.8) is 0 Å². The maximum atomic E-state index is 12.5. The molecule has 1 aromatic carbocycles. The smallest absolute Gasteiger partial charge is 0.254 e. The van der Waals surface area contributed by atoms with E-state index >= 15 is 0 Å². The van der Waals surface area contributed by atoms with Crippen LogP contribution in [-0.2, 0) is 19.5 Å². The van der Waals surface area contributed by atoms with Gasteiger partial charge in [0.25, 0.3) is 5.56 Å². The van der Waals surface area contributed by atoms with Gasteiger partial charge in [0.15, 0.2) is 5.82 Å². The highest BCUT2D eigenvalue weighted by Gasteiger charge is 2.22. The zero-order chi connectivity index (χ0) is 17.5. The highest BCUT2D eigenvalue weighted by Crippen LogP contribution is 2.24. The van der Waals surface area contributed by atoms with Gasteiger partial charge in [0.05, 0.1) is 10.6 Å². The first-order valence-electron chi connectivity index (χ1n) is 8.71. The average molecular weight is 362 g/mol. The van der Waals surface area contributed by atoms with Crippen LogP contribution in [0.5, 0.6) is 0 Å². The van der Waals surface area contributed by atoms with Crippen LogP contribution in [0.3, 0.4) is 0 Å². The molecule has 0 unspecified atom stereocenters. The number of nitrogens with one attached hydrogen (secondary N) is 2. The molecule has 6 heteroatoms. The van der Waals surface area contributed by atoms with Crippen molar-refractivity contribution in [3.8, 4) is 10.7 Å². The Hall–Kier alpha value is -2.70. The van der Waals surface area contributed by atoms with Crippen LogP contribution in [0.25, 0.3) is 21.6 Å². The first-order chi connectivity index (χ1) is 12.8. The first kappa shape index (κ1) is 15.5. The molecule has 0 saturated carbocycles. The SMILES string of the molecule is O=c1[nH]c(-c2cccs2)nc2c1CCN(Cc1cccc3[nH]ccc13)C2. The van der Waals surface area contributed by atoms with Crippen molar-refractivity contribution in [3.05, 3.63) is 75.1 Å². The lowest BCUT2D eigenvalue weighted by Crippen LogP contribution is -2.35. The summed E-state index contributed by atoms with van der Waals surface area (Å²) in [5, 5.41) is 3.26. The van der Waals surface area contributed by atoms with Crippen LogP contribution in [0, 0.1) is 0 Å². The molecule has 0 saturated heterocycles. The van der Waals surface area contributed by atoms with E-state index in [1.807, 2.05) is 23.7 Å². The van der Waals surface area contributed by atoms with Crippen molar-refractivity contribution in [2.24, 2.45) is 0 Å². The van der Waals surface area contributed by atoms with Crippen LogP contribution in [0.1, 0.15) is 16.8 Å². The highest BCUT2D eigenvalue weighted by molar-refractivity contribution is 7.13. The van der Waals surface area contributed by atoms with E-state index in [-0.39, 0.29) is 5.56 Å². The van der Waals surface area contributed by atoms with Crippen LogP contribution < -0.4 is 5.56 Å². The fourth-order valence-corrected chi connectivity index (χ4v) is 4.36. The minimum Gasteiger partial charge on any atom is -0.361 e. The van der Waals surface area contributed by atoms with Crippen molar-refractivity contribution in [1.29, 1.82) is 0 Å². The molecule has 0 aliphatic carbocycles. The molecular formula is C20H18N4OS. The van der Waals surface area contributed by atoms with E-state index in [1.165, 1.54) is 10.9 Å². The molecule has 3 aromatic heterocycles. The van der Waals surface area contributed by atoms with E-state index in [4.69, 9.17) is 4.98 Å². The summed E-state index contributed by atoms with van der Waals surface area (Å²) in [7, 11) is 0. The lowest BCUT2D eigenvalue weighted by Gasteiger charge is -2.28.